The number of anilines is 1. The summed E-state index contributed by atoms with van der Waals surface area (Å²) in [4.78, 5) is 11.9. The Balaban J connectivity index is 2.18. The molecule has 1 aromatic carbocycles. The number of methoxy groups -OCH3 is 1. The third-order valence-electron chi connectivity index (χ3n) is 2.82. The molecule has 0 unspecified atom stereocenters. The minimum Gasteiger partial charge on any atom is -0.497 e. The second-order valence-electron chi connectivity index (χ2n) is 4.06. The van der Waals surface area contributed by atoms with E-state index in [1.807, 2.05) is 18.2 Å². The number of H-pyrrole nitrogens is 1. The molecule has 3 N–H and O–H groups in total. The lowest BCUT2D eigenvalue weighted by Gasteiger charge is -2.05. The molecule has 0 fully saturated rings. The van der Waals surface area contributed by atoms with E-state index in [-0.39, 0.29) is 0 Å². The van der Waals surface area contributed by atoms with Gasteiger partial charge in [0.15, 0.2) is 5.65 Å². The lowest BCUT2D eigenvalue weighted by Crippen LogP contribution is -1.93. The van der Waals surface area contributed by atoms with E-state index in [0.29, 0.717) is 17.2 Å². The van der Waals surface area contributed by atoms with Crippen LogP contribution in [0.15, 0.2) is 34.9 Å². The van der Waals surface area contributed by atoms with E-state index in [9.17, 15) is 0 Å². The largest absolute Gasteiger partial charge is 0.497 e. The van der Waals surface area contributed by atoms with Crippen molar-refractivity contribution >= 4 is 32.8 Å². The number of halogens is 1. The number of ether oxygens (including phenoxy) is 1. The number of rotatable bonds is 2. The molecule has 0 spiro atoms. The highest BCUT2D eigenvalue weighted by atomic mass is 79.9. The molecule has 3 aromatic rings. The standard InChI is InChI=1S/C13H11BrN4O/c1-19-8-2-3-10(15)9(5-8)12-17-11-4-7(14)6-16-13(11)18-12/h2-6H,15H2,1H3,(H,16,17,18). The van der Waals surface area contributed by atoms with Crippen LogP contribution in [0.4, 0.5) is 5.69 Å². The zero-order valence-electron chi connectivity index (χ0n) is 10.1. The van der Waals surface area contributed by atoms with E-state index < -0.39 is 0 Å². The van der Waals surface area contributed by atoms with Gasteiger partial charge in [0.25, 0.3) is 0 Å². The van der Waals surface area contributed by atoms with Crippen LogP contribution in [0, 0.1) is 0 Å². The van der Waals surface area contributed by atoms with E-state index in [4.69, 9.17) is 10.5 Å². The van der Waals surface area contributed by atoms with E-state index in [1.165, 1.54) is 0 Å². The van der Waals surface area contributed by atoms with E-state index in [1.54, 1.807) is 19.4 Å². The van der Waals surface area contributed by atoms with Crippen LogP contribution in [0.3, 0.4) is 0 Å². The maximum absolute atomic E-state index is 5.98. The van der Waals surface area contributed by atoms with Crippen molar-refractivity contribution in [3.63, 3.8) is 0 Å². The van der Waals surface area contributed by atoms with Crippen LogP contribution in [-0.2, 0) is 0 Å². The van der Waals surface area contributed by atoms with Crippen molar-refractivity contribution in [3.05, 3.63) is 34.9 Å². The van der Waals surface area contributed by atoms with Crippen molar-refractivity contribution < 1.29 is 4.74 Å². The minimum absolute atomic E-state index is 0.638. The Morgan fingerprint density at radius 1 is 1.32 bits per heavy atom. The molecule has 6 heteroatoms. The number of benzene rings is 1. The van der Waals surface area contributed by atoms with Crippen LogP contribution in [-0.4, -0.2) is 22.1 Å². The number of nitrogens with zero attached hydrogens (tertiary/aromatic N) is 2. The Labute approximate surface area is 118 Å². The summed E-state index contributed by atoms with van der Waals surface area (Å²) in [6.07, 6.45) is 1.71. The molecule has 0 saturated carbocycles. The fraction of sp³-hybridized carbons (Fsp3) is 0.0769. The van der Waals surface area contributed by atoms with Gasteiger partial charge in [-0.2, -0.15) is 0 Å². The number of nitrogens with one attached hydrogen (secondary N) is 1. The van der Waals surface area contributed by atoms with Gasteiger partial charge >= 0.3 is 0 Å². The monoisotopic (exact) mass is 318 g/mol. The molecule has 0 bridgehead atoms. The molecular formula is C13H11BrN4O. The van der Waals surface area contributed by atoms with Crippen LogP contribution < -0.4 is 10.5 Å². The normalized spacial score (nSPS) is 10.8. The van der Waals surface area contributed by atoms with Gasteiger partial charge in [0, 0.05) is 21.9 Å². The van der Waals surface area contributed by atoms with Gasteiger partial charge in [-0.05, 0) is 40.2 Å². The Kier molecular flexibility index (Phi) is 2.87. The van der Waals surface area contributed by atoms with Gasteiger partial charge in [-0.1, -0.05) is 0 Å². The first-order chi connectivity index (χ1) is 9.17. The average molecular weight is 319 g/mol. The third-order valence-corrected chi connectivity index (χ3v) is 3.25. The zero-order valence-corrected chi connectivity index (χ0v) is 11.7. The summed E-state index contributed by atoms with van der Waals surface area (Å²) in [5.41, 5.74) is 8.93. The second-order valence-corrected chi connectivity index (χ2v) is 4.98. The molecule has 0 amide bonds. The average Bonchev–Trinajstić information content (AvgIpc) is 2.82. The van der Waals surface area contributed by atoms with Crippen LogP contribution in [0.1, 0.15) is 0 Å². The van der Waals surface area contributed by atoms with Gasteiger partial charge in [-0.15, -0.1) is 0 Å². The highest BCUT2D eigenvalue weighted by Crippen LogP contribution is 2.29. The number of aromatic nitrogens is 3. The second kappa shape index (κ2) is 4.55. The Hall–Kier alpha value is -2.08. The summed E-state index contributed by atoms with van der Waals surface area (Å²) >= 11 is 3.38. The molecule has 2 heterocycles. The molecule has 19 heavy (non-hydrogen) atoms. The number of pyridine rings is 1. The summed E-state index contributed by atoms with van der Waals surface area (Å²) in [6.45, 7) is 0. The van der Waals surface area contributed by atoms with Crippen LogP contribution in [0.25, 0.3) is 22.6 Å². The number of nitrogen functional groups attached to an aromatic ring is 1. The number of nitrogens with two attached hydrogens (primary N) is 1. The number of imidazole rings is 1. The van der Waals surface area contributed by atoms with Gasteiger partial charge in [-0.3, -0.25) is 0 Å². The predicted octanol–water partition coefficient (Wildman–Crippen LogP) is 2.98. The maximum atomic E-state index is 5.98. The SMILES string of the molecule is COc1ccc(N)c(-c2nc3ncc(Br)cc3[nH]2)c1. The summed E-state index contributed by atoms with van der Waals surface area (Å²) < 4.78 is 6.10. The van der Waals surface area contributed by atoms with Crippen molar-refractivity contribution in [3.8, 4) is 17.1 Å². The first kappa shape index (κ1) is 12.0. The van der Waals surface area contributed by atoms with Crippen molar-refractivity contribution in [2.45, 2.75) is 0 Å². The fourth-order valence-corrected chi connectivity index (χ4v) is 2.20. The quantitative estimate of drug-likeness (QED) is 0.712. The summed E-state index contributed by atoms with van der Waals surface area (Å²) in [5.74, 6) is 1.41. The Morgan fingerprint density at radius 3 is 2.95 bits per heavy atom. The van der Waals surface area contributed by atoms with Gasteiger partial charge in [0.2, 0.25) is 0 Å². The Morgan fingerprint density at radius 2 is 2.16 bits per heavy atom. The van der Waals surface area contributed by atoms with Crippen molar-refractivity contribution in [1.29, 1.82) is 0 Å². The fourth-order valence-electron chi connectivity index (χ4n) is 1.87. The first-order valence-electron chi connectivity index (χ1n) is 5.62. The lowest BCUT2D eigenvalue weighted by molar-refractivity contribution is 0.415. The number of hydrogen-bond donors (Lipinski definition) is 2. The summed E-state index contributed by atoms with van der Waals surface area (Å²) in [5, 5.41) is 0. The molecule has 0 aliphatic rings. The molecule has 0 aliphatic carbocycles. The van der Waals surface area contributed by atoms with Crippen molar-refractivity contribution in [1.82, 2.24) is 15.0 Å². The van der Waals surface area contributed by atoms with Crippen LogP contribution >= 0.6 is 15.9 Å². The number of hydrogen-bond acceptors (Lipinski definition) is 4. The van der Waals surface area contributed by atoms with E-state index in [2.05, 4.69) is 30.9 Å². The summed E-state index contributed by atoms with van der Waals surface area (Å²) in [6, 6.07) is 7.39. The zero-order chi connectivity index (χ0) is 13.4. The van der Waals surface area contributed by atoms with Crippen molar-refractivity contribution in [2.24, 2.45) is 0 Å². The number of aromatic amines is 1. The molecule has 0 saturated heterocycles. The molecule has 2 aromatic heterocycles. The van der Waals surface area contributed by atoms with E-state index in [0.717, 1.165) is 21.3 Å². The smallest absolute Gasteiger partial charge is 0.178 e. The first-order valence-corrected chi connectivity index (χ1v) is 6.42. The van der Waals surface area contributed by atoms with Crippen LogP contribution in [0.5, 0.6) is 5.75 Å². The van der Waals surface area contributed by atoms with Gasteiger partial charge < -0.3 is 15.5 Å². The molecule has 0 radical (unpaired) electrons. The van der Waals surface area contributed by atoms with Crippen molar-refractivity contribution in [2.75, 3.05) is 12.8 Å². The van der Waals surface area contributed by atoms with E-state index >= 15 is 0 Å². The topological polar surface area (TPSA) is 76.8 Å². The molecule has 0 aliphatic heterocycles. The number of fused-ring (bicyclic) bond motifs is 1. The maximum Gasteiger partial charge on any atom is 0.178 e. The summed E-state index contributed by atoms with van der Waals surface area (Å²) in [7, 11) is 1.62. The predicted molar refractivity (Wildman–Crippen MR) is 78.0 cm³/mol. The molecule has 5 nitrogen and oxygen atoms in total. The van der Waals surface area contributed by atoms with Crippen LogP contribution in [0.2, 0.25) is 0 Å². The highest BCUT2D eigenvalue weighted by molar-refractivity contribution is 9.10. The Bertz CT molecular complexity index is 753. The molecular weight excluding hydrogens is 308 g/mol. The molecule has 0 atom stereocenters. The minimum atomic E-state index is 0.638. The third kappa shape index (κ3) is 2.15. The molecule has 3 rings (SSSR count). The van der Waals surface area contributed by atoms with Gasteiger partial charge in [-0.25, -0.2) is 9.97 Å². The van der Waals surface area contributed by atoms with Gasteiger partial charge in [0.05, 0.1) is 12.6 Å². The molecule has 96 valence electrons. The highest BCUT2D eigenvalue weighted by Gasteiger charge is 2.10. The van der Waals surface area contributed by atoms with Gasteiger partial charge in [0.1, 0.15) is 11.6 Å². The lowest BCUT2D eigenvalue weighted by atomic mass is 10.1.